The van der Waals surface area contributed by atoms with Crippen LogP contribution >= 0.6 is 11.6 Å². The summed E-state index contributed by atoms with van der Waals surface area (Å²) in [5, 5.41) is 3.31. The van der Waals surface area contributed by atoms with E-state index in [2.05, 4.69) is 23.9 Å². The first-order chi connectivity index (χ1) is 12.2. The van der Waals surface area contributed by atoms with Crippen LogP contribution < -0.4 is 10.0 Å². The zero-order valence-electron chi connectivity index (χ0n) is 15.0. The molecule has 0 aliphatic rings. The number of rotatable bonds is 7. The van der Waals surface area contributed by atoms with Gasteiger partial charge in [0.1, 0.15) is 0 Å². The molecule has 26 heavy (non-hydrogen) atoms. The number of nitrogens with one attached hydrogen (secondary N) is 2. The van der Waals surface area contributed by atoms with Crippen molar-refractivity contribution in [3.8, 4) is 0 Å². The molecule has 2 N–H and O–H groups in total. The third-order valence-corrected chi connectivity index (χ3v) is 5.74. The van der Waals surface area contributed by atoms with Crippen molar-refractivity contribution in [2.45, 2.75) is 32.1 Å². The van der Waals surface area contributed by atoms with E-state index in [1.165, 1.54) is 24.3 Å². The van der Waals surface area contributed by atoms with Gasteiger partial charge in [-0.1, -0.05) is 31.5 Å². The fourth-order valence-corrected chi connectivity index (χ4v) is 3.58. The highest BCUT2D eigenvalue weighted by Gasteiger charge is 2.16. The summed E-state index contributed by atoms with van der Waals surface area (Å²) >= 11 is 6.03. The van der Waals surface area contributed by atoms with E-state index < -0.39 is 10.0 Å². The fraction of sp³-hybridized carbons (Fsp3) is 0.316. The zero-order valence-corrected chi connectivity index (χ0v) is 16.6. The van der Waals surface area contributed by atoms with Crippen molar-refractivity contribution >= 4 is 33.2 Å². The first-order valence-electron chi connectivity index (χ1n) is 8.37. The minimum Gasteiger partial charge on any atom is -0.352 e. The molecule has 0 atom stereocenters. The van der Waals surface area contributed by atoms with Crippen molar-refractivity contribution in [1.82, 2.24) is 5.32 Å². The highest BCUT2D eigenvalue weighted by molar-refractivity contribution is 7.92. The van der Waals surface area contributed by atoms with Crippen LogP contribution in [-0.4, -0.2) is 20.9 Å². The molecule has 5 nitrogen and oxygen atoms in total. The van der Waals surface area contributed by atoms with E-state index in [0.717, 1.165) is 6.42 Å². The van der Waals surface area contributed by atoms with E-state index in [1.54, 1.807) is 25.1 Å². The highest BCUT2D eigenvalue weighted by Crippen LogP contribution is 2.25. The first kappa shape index (κ1) is 20.3. The summed E-state index contributed by atoms with van der Waals surface area (Å²) in [6.07, 6.45) is 0.890. The van der Waals surface area contributed by atoms with Crippen molar-refractivity contribution in [1.29, 1.82) is 0 Å². The second-order valence-electron chi connectivity index (χ2n) is 6.48. The van der Waals surface area contributed by atoms with Crippen LogP contribution in [0.1, 0.15) is 36.2 Å². The van der Waals surface area contributed by atoms with Crippen molar-refractivity contribution < 1.29 is 13.2 Å². The molecule has 0 aliphatic carbocycles. The van der Waals surface area contributed by atoms with Gasteiger partial charge in [-0.25, -0.2) is 8.42 Å². The summed E-state index contributed by atoms with van der Waals surface area (Å²) in [7, 11) is -3.76. The van der Waals surface area contributed by atoms with Crippen LogP contribution in [0.4, 0.5) is 5.69 Å². The lowest BCUT2D eigenvalue weighted by molar-refractivity contribution is 0.0952. The summed E-state index contributed by atoms with van der Waals surface area (Å²) in [5.74, 6) is 0.289. The van der Waals surface area contributed by atoms with E-state index in [0.29, 0.717) is 34.3 Å². The third-order valence-electron chi connectivity index (χ3n) is 3.95. The molecule has 0 bridgehead atoms. The van der Waals surface area contributed by atoms with Gasteiger partial charge in [-0.15, -0.1) is 0 Å². The molecule has 0 radical (unpaired) electrons. The lowest BCUT2D eigenvalue weighted by Gasteiger charge is -2.12. The van der Waals surface area contributed by atoms with Gasteiger partial charge < -0.3 is 5.32 Å². The molecule has 0 aliphatic heterocycles. The number of amides is 1. The molecule has 2 rings (SSSR count). The van der Waals surface area contributed by atoms with Gasteiger partial charge in [0.2, 0.25) is 0 Å². The normalized spacial score (nSPS) is 11.4. The number of sulfonamides is 1. The van der Waals surface area contributed by atoms with Gasteiger partial charge >= 0.3 is 0 Å². The minimum absolute atomic E-state index is 0.0793. The Hall–Kier alpha value is -2.05. The molecule has 0 saturated carbocycles. The Balaban J connectivity index is 2.11. The third kappa shape index (κ3) is 5.22. The van der Waals surface area contributed by atoms with Gasteiger partial charge in [0.05, 0.1) is 10.6 Å². The summed E-state index contributed by atoms with van der Waals surface area (Å²) in [4.78, 5) is 12.1. The molecule has 0 aromatic heterocycles. The van der Waals surface area contributed by atoms with Crippen LogP contribution in [-0.2, 0) is 10.0 Å². The minimum atomic E-state index is -3.76. The summed E-state index contributed by atoms with van der Waals surface area (Å²) in [6.45, 7) is 6.50. The van der Waals surface area contributed by atoms with Crippen LogP contribution in [0.3, 0.4) is 0 Å². The van der Waals surface area contributed by atoms with Crippen LogP contribution in [0.25, 0.3) is 0 Å². The Morgan fingerprint density at radius 3 is 2.38 bits per heavy atom. The fourth-order valence-electron chi connectivity index (χ4n) is 2.28. The average molecular weight is 395 g/mol. The zero-order chi connectivity index (χ0) is 19.3. The number of anilines is 1. The number of hydrogen-bond acceptors (Lipinski definition) is 3. The first-order valence-corrected chi connectivity index (χ1v) is 10.2. The highest BCUT2D eigenvalue weighted by atomic mass is 35.5. The lowest BCUT2D eigenvalue weighted by atomic mass is 10.1. The molecule has 0 saturated heterocycles. The van der Waals surface area contributed by atoms with Crippen molar-refractivity contribution in [3.05, 3.63) is 58.6 Å². The van der Waals surface area contributed by atoms with E-state index in [9.17, 15) is 13.2 Å². The molecule has 7 heteroatoms. The predicted octanol–water partition coefficient (Wildman–Crippen LogP) is 4.23. The van der Waals surface area contributed by atoms with Gasteiger partial charge in [-0.05, 0) is 61.2 Å². The van der Waals surface area contributed by atoms with Crippen LogP contribution in [0.2, 0.25) is 5.02 Å². The molecule has 140 valence electrons. The standard InChI is InChI=1S/C19H23ClN2O3S/c1-13(2)11-12-21-19(23)15-7-9-16(10-8-15)26(24,25)22-18-6-4-5-17(20)14(18)3/h4-10,13,22H,11-12H2,1-3H3,(H,21,23). The molecular formula is C19H23ClN2O3S. The van der Waals surface area contributed by atoms with E-state index in [-0.39, 0.29) is 10.8 Å². The average Bonchev–Trinajstić information content (AvgIpc) is 2.58. The Labute approximate surface area is 159 Å². The van der Waals surface area contributed by atoms with E-state index in [4.69, 9.17) is 11.6 Å². The maximum atomic E-state index is 12.5. The van der Waals surface area contributed by atoms with E-state index >= 15 is 0 Å². The number of halogens is 1. The largest absolute Gasteiger partial charge is 0.352 e. The Kier molecular flexibility index (Phi) is 6.67. The van der Waals surface area contributed by atoms with Gasteiger partial charge in [0.25, 0.3) is 15.9 Å². The Morgan fingerprint density at radius 1 is 1.12 bits per heavy atom. The molecular weight excluding hydrogens is 372 g/mol. The molecule has 0 unspecified atom stereocenters. The van der Waals surface area contributed by atoms with Crippen molar-refractivity contribution in [3.63, 3.8) is 0 Å². The molecule has 0 heterocycles. The summed E-state index contributed by atoms with van der Waals surface area (Å²) < 4.78 is 27.6. The molecule has 0 spiro atoms. The van der Waals surface area contributed by atoms with E-state index in [1.807, 2.05) is 0 Å². The van der Waals surface area contributed by atoms with Gasteiger partial charge in [0, 0.05) is 17.1 Å². The number of carbonyl (C=O) groups excluding carboxylic acids is 1. The van der Waals surface area contributed by atoms with Gasteiger partial charge in [-0.3, -0.25) is 9.52 Å². The number of carbonyl (C=O) groups is 1. The van der Waals surface area contributed by atoms with Crippen LogP contribution in [0.15, 0.2) is 47.4 Å². The maximum absolute atomic E-state index is 12.5. The smallest absolute Gasteiger partial charge is 0.261 e. The second kappa shape index (κ2) is 8.56. The monoisotopic (exact) mass is 394 g/mol. The Morgan fingerprint density at radius 2 is 1.77 bits per heavy atom. The van der Waals surface area contributed by atoms with Crippen LogP contribution in [0.5, 0.6) is 0 Å². The van der Waals surface area contributed by atoms with Crippen LogP contribution in [0, 0.1) is 12.8 Å². The molecule has 1 amide bonds. The van der Waals surface area contributed by atoms with Gasteiger partial charge in [-0.2, -0.15) is 0 Å². The number of hydrogen-bond donors (Lipinski definition) is 2. The molecule has 2 aromatic rings. The summed E-state index contributed by atoms with van der Waals surface area (Å²) in [6, 6.07) is 10.9. The second-order valence-corrected chi connectivity index (χ2v) is 8.57. The SMILES string of the molecule is Cc1c(Cl)cccc1NS(=O)(=O)c1ccc(C(=O)NCCC(C)C)cc1. The molecule has 0 fully saturated rings. The predicted molar refractivity (Wildman–Crippen MR) is 105 cm³/mol. The van der Waals surface area contributed by atoms with Gasteiger partial charge in [0.15, 0.2) is 0 Å². The van der Waals surface area contributed by atoms with Crippen molar-refractivity contribution in [2.75, 3.05) is 11.3 Å². The molecule has 2 aromatic carbocycles. The van der Waals surface area contributed by atoms with Crippen molar-refractivity contribution in [2.24, 2.45) is 5.92 Å². The number of benzene rings is 2. The topological polar surface area (TPSA) is 75.3 Å². The lowest BCUT2D eigenvalue weighted by Crippen LogP contribution is -2.25. The Bertz CT molecular complexity index is 878. The summed E-state index contributed by atoms with van der Waals surface area (Å²) in [5.41, 5.74) is 1.50. The maximum Gasteiger partial charge on any atom is 0.261 e. The quantitative estimate of drug-likeness (QED) is 0.738.